The summed E-state index contributed by atoms with van der Waals surface area (Å²) < 4.78 is 49.0. The number of benzene rings is 3. The van der Waals surface area contributed by atoms with Crippen molar-refractivity contribution < 1.29 is 32.3 Å². The Morgan fingerprint density at radius 3 is 2.22 bits per heavy atom. The van der Waals surface area contributed by atoms with Gasteiger partial charge in [0.15, 0.2) is 0 Å². The van der Waals surface area contributed by atoms with Crippen LogP contribution in [0.3, 0.4) is 0 Å². The second-order valence-electron chi connectivity index (χ2n) is 13.8. The molecule has 10 heteroatoms. The summed E-state index contributed by atoms with van der Waals surface area (Å²) in [5, 5.41) is 0.290. The Hall–Kier alpha value is -4.44. The smallest absolute Gasteiger partial charge is 0.263 e. The van der Waals surface area contributed by atoms with Gasteiger partial charge >= 0.3 is 0 Å². The number of carbonyl (C=O) groups excluding carboxylic acids is 1. The summed E-state index contributed by atoms with van der Waals surface area (Å²) in [5.74, 6) is -0.620. The minimum atomic E-state index is -0.820. The molecular weight excluding hydrogens is 652 g/mol. The van der Waals surface area contributed by atoms with Gasteiger partial charge in [0.25, 0.3) is 5.91 Å². The van der Waals surface area contributed by atoms with E-state index in [0.717, 1.165) is 37.5 Å². The van der Waals surface area contributed by atoms with Crippen LogP contribution < -0.4 is 24.5 Å². The van der Waals surface area contributed by atoms with Crippen LogP contribution in [0.5, 0.6) is 17.2 Å². The number of fused-ring (bicyclic) bond motifs is 1. The van der Waals surface area contributed by atoms with E-state index in [1.54, 1.807) is 48.9 Å². The standard InChI is InChI=1S/C41H52F2N3O5/c1-5-20-50-36-26-33(25-35(27-36)49-4)45-29-38(41(48)44(6-2)32-23-30(42)22-31(43)24-32)40(47)37-16-15-34(28-39(37)45)51-21-14-9-7-8-11-17-46(3)18-12-10-13-19-46/h15-16,22-29H,5-14,17-21H2,1-4H3/q+1. The van der Waals surface area contributed by atoms with Gasteiger partial charge in [-0.2, -0.15) is 0 Å². The third-order valence-corrected chi connectivity index (χ3v) is 9.79. The quantitative estimate of drug-likeness (QED) is 0.0813. The van der Waals surface area contributed by atoms with Crippen molar-refractivity contribution in [2.24, 2.45) is 0 Å². The summed E-state index contributed by atoms with van der Waals surface area (Å²) in [6.07, 6.45) is 12.0. The number of hydrogen-bond donors (Lipinski definition) is 0. The summed E-state index contributed by atoms with van der Waals surface area (Å²) in [6.45, 7) is 8.70. The van der Waals surface area contributed by atoms with E-state index in [1.165, 1.54) is 73.7 Å². The topological polar surface area (TPSA) is 70.0 Å². The van der Waals surface area contributed by atoms with Crippen molar-refractivity contribution >= 4 is 22.5 Å². The molecule has 1 saturated heterocycles. The zero-order chi connectivity index (χ0) is 36.4. The summed E-state index contributed by atoms with van der Waals surface area (Å²) in [6, 6.07) is 13.5. The maximum absolute atomic E-state index is 14.2. The van der Waals surface area contributed by atoms with Crippen LogP contribution in [0, 0.1) is 11.6 Å². The fourth-order valence-electron chi connectivity index (χ4n) is 6.98. The van der Waals surface area contributed by atoms with Gasteiger partial charge in [-0.05, 0) is 76.1 Å². The average molecular weight is 705 g/mol. The predicted molar refractivity (Wildman–Crippen MR) is 199 cm³/mol. The molecule has 0 saturated carbocycles. The van der Waals surface area contributed by atoms with Crippen molar-refractivity contribution in [2.75, 3.05) is 58.5 Å². The van der Waals surface area contributed by atoms with Crippen molar-refractivity contribution in [3.63, 3.8) is 0 Å². The molecule has 3 aromatic carbocycles. The number of pyridine rings is 1. The second-order valence-corrected chi connectivity index (χ2v) is 13.8. The van der Waals surface area contributed by atoms with Crippen molar-refractivity contribution in [1.82, 2.24) is 4.57 Å². The molecule has 51 heavy (non-hydrogen) atoms. The lowest BCUT2D eigenvalue weighted by atomic mass is 10.1. The van der Waals surface area contributed by atoms with Crippen LogP contribution in [-0.2, 0) is 0 Å². The van der Waals surface area contributed by atoms with E-state index < -0.39 is 23.0 Å². The van der Waals surface area contributed by atoms with Crippen LogP contribution >= 0.6 is 0 Å². The third-order valence-electron chi connectivity index (χ3n) is 9.79. The normalized spacial score (nSPS) is 14.0. The third kappa shape index (κ3) is 9.67. The van der Waals surface area contributed by atoms with E-state index in [0.29, 0.717) is 47.1 Å². The molecule has 1 fully saturated rings. The SMILES string of the molecule is CCCOc1cc(OC)cc(-n2cc(C(=O)N(CC)c3cc(F)cc(F)c3)c(=O)c3ccc(OCCCCCCC[N+]4(C)CCCCC4)cc32)c1. The number of halogens is 2. The molecule has 0 unspecified atom stereocenters. The van der Waals surface area contributed by atoms with Gasteiger partial charge in [0.05, 0.1) is 58.2 Å². The number of aromatic nitrogens is 1. The highest BCUT2D eigenvalue weighted by molar-refractivity contribution is 6.07. The van der Waals surface area contributed by atoms with Gasteiger partial charge in [-0.15, -0.1) is 0 Å². The summed E-state index contributed by atoms with van der Waals surface area (Å²) in [5.41, 5.74) is 0.483. The number of carbonyl (C=O) groups is 1. The Morgan fingerprint density at radius 1 is 0.824 bits per heavy atom. The molecule has 0 spiro atoms. The van der Waals surface area contributed by atoms with Crippen LogP contribution in [0.25, 0.3) is 16.6 Å². The molecule has 2 heterocycles. The molecule has 0 aliphatic carbocycles. The number of hydrogen-bond acceptors (Lipinski definition) is 5. The summed E-state index contributed by atoms with van der Waals surface area (Å²) >= 11 is 0. The minimum absolute atomic E-state index is 0.0177. The highest BCUT2D eigenvalue weighted by Gasteiger charge is 2.25. The molecular formula is C41H52F2N3O5+. The number of ether oxygens (including phenoxy) is 3. The van der Waals surface area contributed by atoms with Crippen LogP contribution in [0.15, 0.2) is 65.6 Å². The number of rotatable bonds is 17. The minimum Gasteiger partial charge on any atom is -0.497 e. The van der Waals surface area contributed by atoms with Gasteiger partial charge in [-0.3, -0.25) is 9.59 Å². The molecule has 1 aromatic heterocycles. The maximum Gasteiger partial charge on any atom is 0.263 e. The number of amides is 1. The fourth-order valence-corrected chi connectivity index (χ4v) is 6.98. The van der Waals surface area contributed by atoms with Crippen LogP contribution in [0.4, 0.5) is 14.5 Å². The first-order chi connectivity index (χ1) is 24.6. The van der Waals surface area contributed by atoms with Gasteiger partial charge in [0.2, 0.25) is 5.43 Å². The largest absolute Gasteiger partial charge is 0.497 e. The molecule has 0 bridgehead atoms. The van der Waals surface area contributed by atoms with Crippen molar-refractivity contribution in [1.29, 1.82) is 0 Å². The van der Waals surface area contributed by atoms with Crippen LogP contribution in [0.2, 0.25) is 0 Å². The van der Waals surface area contributed by atoms with E-state index in [-0.39, 0.29) is 17.8 Å². The summed E-state index contributed by atoms with van der Waals surface area (Å²) in [7, 11) is 3.96. The molecule has 8 nitrogen and oxygen atoms in total. The molecule has 1 aliphatic heterocycles. The fraction of sp³-hybridized carbons (Fsp3) is 0.463. The Balaban J connectivity index is 1.40. The first-order valence-corrected chi connectivity index (χ1v) is 18.4. The van der Waals surface area contributed by atoms with Crippen LogP contribution in [0.1, 0.15) is 82.0 Å². The van der Waals surface area contributed by atoms with Crippen molar-refractivity contribution in [2.45, 2.75) is 71.6 Å². The molecule has 274 valence electrons. The Labute approximate surface area is 300 Å². The Morgan fingerprint density at radius 2 is 1.51 bits per heavy atom. The monoisotopic (exact) mass is 704 g/mol. The molecule has 0 atom stereocenters. The van der Waals surface area contributed by atoms with Gasteiger partial charge in [-0.25, -0.2) is 8.78 Å². The highest BCUT2D eigenvalue weighted by Crippen LogP contribution is 2.30. The predicted octanol–water partition coefficient (Wildman–Crippen LogP) is 8.69. The van der Waals surface area contributed by atoms with Crippen molar-refractivity contribution in [3.05, 3.63) is 88.2 Å². The number of piperidine rings is 1. The molecule has 0 radical (unpaired) electrons. The van der Waals surface area contributed by atoms with E-state index >= 15 is 0 Å². The number of quaternary nitrogens is 1. The van der Waals surface area contributed by atoms with Crippen molar-refractivity contribution in [3.8, 4) is 22.9 Å². The maximum atomic E-state index is 14.2. The molecule has 4 aromatic rings. The van der Waals surface area contributed by atoms with Gasteiger partial charge in [0.1, 0.15) is 34.4 Å². The highest BCUT2D eigenvalue weighted by atomic mass is 19.1. The number of unbranched alkanes of at least 4 members (excludes halogenated alkanes) is 4. The number of nitrogens with zero attached hydrogens (tertiary/aromatic N) is 3. The summed E-state index contributed by atoms with van der Waals surface area (Å²) in [4.78, 5) is 29.2. The second kappa shape index (κ2) is 17.7. The number of anilines is 1. The van der Waals surface area contributed by atoms with Crippen LogP contribution in [-0.4, -0.2) is 68.5 Å². The number of methoxy groups -OCH3 is 1. The van der Waals surface area contributed by atoms with Gasteiger partial charge in [0, 0.05) is 54.1 Å². The van der Waals surface area contributed by atoms with E-state index in [1.807, 2.05) is 13.0 Å². The Kier molecular flexibility index (Phi) is 13.1. The van der Waals surface area contributed by atoms with Gasteiger partial charge < -0.3 is 28.2 Å². The first-order valence-electron chi connectivity index (χ1n) is 18.4. The van der Waals surface area contributed by atoms with E-state index in [4.69, 9.17) is 14.2 Å². The van der Waals surface area contributed by atoms with E-state index in [2.05, 4.69) is 7.05 Å². The zero-order valence-corrected chi connectivity index (χ0v) is 30.5. The Bertz CT molecular complexity index is 1830. The molecule has 0 N–H and O–H groups in total. The van der Waals surface area contributed by atoms with Gasteiger partial charge in [-0.1, -0.05) is 19.8 Å². The lowest BCUT2D eigenvalue weighted by molar-refractivity contribution is -0.914. The lowest BCUT2D eigenvalue weighted by Crippen LogP contribution is -2.48. The lowest BCUT2D eigenvalue weighted by Gasteiger charge is -2.37. The molecule has 1 aliphatic rings. The zero-order valence-electron chi connectivity index (χ0n) is 30.5. The van der Waals surface area contributed by atoms with E-state index in [9.17, 15) is 18.4 Å². The molecule has 1 amide bonds. The molecule has 5 rings (SSSR count). The average Bonchev–Trinajstić information content (AvgIpc) is 3.12. The number of likely N-dealkylation sites (tertiary alicyclic amines) is 1. The first kappa shape index (κ1) is 37.8.